The lowest BCUT2D eigenvalue weighted by Crippen LogP contribution is -2.29. The maximum Gasteiger partial charge on any atom is 0.301 e. The third-order valence-corrected chi connectivity index (χ3v) is 5.42. The molecule has 1 saturated heterocycles. The van der Waals surface area contributed by atoms with Crippen LogP contribution in [0.1, 0.15) is 22.2 Å². The number of ketones is 1. The molecule has 152 valence electrons. The Bertz CT molecular complexity index is 1180. The normalized spacial score (nSPS) is 18.1. The van der Waals surface area contributed by atoms with Gasteiger partial charge in [-0.3, -0.25) is 19.5 Å². The third kappa shape index (κ3) is 3.20. The van der Waals surface area contributed by atoms with Gasteiger partial charge in [0, 0.05) is 12.4 Å². The second-order valence-electron chi connectivity index (χ2n) is 6.40. The Morgan fingerprint density at radius 2 is 2.07 bits per heavy atom. The van der Waals surface area contributed by atoms with E-state index in [4.69, 9.17) is 4.74 Å². The van der Waals surface area contributed by atoms with Gasteiger partial charge in [-0.2, -0.15) is 0 Å². The predicted molar refractivity (Wildman–Crippen MR) is 107 cm³/mol. The monoisotopic (exact) mass is 426 g/mol. The van der Waals surface area contributed by atoms with Gasteiger partial charge in [-0.05, 0) is 36.8 Å². The van der Waals surface area contributed by atoms with Gasteiger partial charge in [0.05, 0.1) is 24.3 Å². The van der Waals surface area contributed by atoms with Crippen LogP contribution in [0.15, 0.2) is 48.3 Å². The molecular weight excluding hydrogens is 411 g/mol. The van der Waals surface area contributed by atoms with Gasteiger partial charge in [-0.1, -0.05) is 17.4 Å². The first-order valence-electron chi connectivity index (χ1n) is 8.77. The first kappa shape index (κ1) is 19.6. The highest BCUT2D eigenvalue weighted by molar-refractivity contribution is 7.15. The van der Waals surface area contributed by atoms with Crippen LogP contribution < -0.4 is 9.64 Å². The number of methoxy groups -OCH3 is 1. The number of pyridine rings is 1. The number of anilines is 1. The lowest BCUT2D eigenvalue weighted by Gasteiger charge is -2.22. The Labute approximate surface area is 174 Å². The van der Waals surface area contributed by atoms with E-state index in [0.29, 0.717) is 10.6 Å². The maximum absolute atomic E-state index is 13.9. The number of hydrogen-bond acceptors (Lipinski definition) is 8. The molecule has 1 N–H and O–H groups in total. The number of aliphatic hydroxyl groups is 1. The fourth-order valence-corrected chi connectivity index (χ4v) is 3.99. The number of ether oxygens (including phenoxy) is 1. The number of nitrogens with zero attached hydrogens (tertiary/aromatic N) is 4. The molecule has 3 aromatic rings. The van der Waals surface area contributed by atoms with Crippen molar-refractivity contribution in [2.24, 2.45) is 0 Å². The lowest BCUT2D eigenvalue weighted by atomic mass is 9.96. The zero-order valence-corrected chi connectivity index (χ0v) is 16.7. The summed E-state index contributed by atoms with van der Waals surface area (Å²) in [6, 6.07) is 5.82. The number of aryl methyl sites for hydroxylation is 1. The van der Waals surface area contributed by atoms with Crippen LogP contribution in [0.5, 0.6) is 5.75 Å². The van der Waals surface area contributed by atoms with Gasteiger partial charge in [-0.25, -0.2) is 4.39 Å². The SMILES string of the molecule is COc1ccc(F)cc1C(O)=C1C(=O)C(=O)N(c2nnc(C)s2)C1c1cccnc1. The second kappa shape index (κ2) is 7.64. The maximum atomic E-state index is 13.9. The molecule has 1 fully saturated rings. The Kier molecular flexibility index (Phi) is 5.00. The van der Waals surface area contributed by atoms with Gasteiger partial charge < -0.3 is 9.84 Å². The summed E-state index contributed by atoms with van der Waals surface area (Å²) in [5.41, 5.74) is 0.212. The van der Waals surface area contributed by atoms with E-state index in [1.165, 1.54) is 24.3 Å². The Morgan fingerprint density at radius 1 is 1.27 bits per heavy atom. The van der Waals surface area contributed by atoms with Crippen molar-refractivity contribution in [3.05, 3.63) is 70.3 Å². The summed E-state index contributed by atoms with van der Waals surface area (Å²) in [4.78, 5) is 31.1. The largest absolute Gasteiger partial charge is 0.507 e. The average molecular weight is 426 g/mol. The Morgan fingerprint density at radius 3 is 2.70 bits per heavy atom. The minimum atomic E-state index is -1.01. The number of carbonyl (C=O) groups is 2. The number of aliphatic hydroxyl groups excluding tert-OH is 1. The van der Waals surface area contributed by atoms with Crippen molar-refractivity contribution in [1.29, 1.82) is 0 Å². The van der Waals surface area contributed by atoms with Gasteiger partial charge in [0.15, 0.2) is 0 Å². The molecule has 1 aromatic carbocycles. The van der Waals surface area contributed by atoms with Gasteiger partial charge in [0.2, 0.25) is 5.13 Å². The molecule has 0 spiro atoms. The zero-order chi connectivity index (χ0) is 21.4. The summed E-state index contributed by atoms with van der Waals surface area (Å²) >= 11 is 1.13. The summed E-state index contributed by atoms with van der Waals surface area (Å²) < 4.78 is 19.1. The summed E-state index contributed by atoms with van der Waals surface area (Å²) in [5.74, 6) is -2.85. The van der Waals surface area contributed by atoms with E-state index < -0.39 is 29.3 Å². The molecule has 1 aliphatic rings. The summed E-state index contributed by atoms with van der Waals surface area (Å²) in [6.45, 7) is 1.72. The first-order valence-corrected chi connectivity index (χ1v) is 9.59. The number of carbonyl (C=O) groups excluding carboxylic acids is 2. The Balaban J connectivity index is 1.98. The fourth-order valence-electron chi connectivity index (χ4n) is 3.28. The molecule has 0 saturated carbocycles. The minimum absolute atomic E-state index is 0.0437. The number of aromatic nitrogens is 3. The van der Waals surface area contributed by atoms with Crippen LogP contribution in [0.25, 0.3) is 5.76 Å². The number of benzene rings is 1. The third-order valence-electron chi connectivity index (χ3n) is 4.58. The highest BCUT2D eigenvalue weighted by Crippen LogP contribution is 2.43. The van der Waals surface area contributed by atoms with E-state index in [1.54, 1.807) is 25.3 Å². The summed E-state index contributed by atoms with van der Waals surface area (Å²) in [5, 5.41) is 19.7. The molecule has 10 heteroatoms. The molecule has 0 aliphatic carbocycles. The lowest BCUT2D eigenvalue weighted by molar-refractivity contribution is -0.132. The second-order valence-corrected chi connectivity index (χ2v) is 7.56. The standard InChI is InChI=1S/C20H15FN4O4S/c1-10-23-24-20(30-10)25-16(11-4-3-7-22-9-11)15(18(27)19(25)28)17(26)13-8-12(21)5-6-14(13)29-2/h3-9,16,26H,1-2H3. The molecule has 1 aliphatic heterocycles. The van der Waals surface area contributed by atoms with E-state index in [2.05, 4.69) is 15.2 Å². The first-order chi connectivity index (χ1) is 14.4. The van der Waals surface area contributed by atoms with Gasteiger partial charge in [-0.15, -0.1) is 10.2 Å². The van der Waals surface area contributed by atoms with Gasteiger partial charge >= 0.3 is 5.91 Å². The number of hydrogen-bond donors (Lipinski definition) is 1. The van der Waals surface area contributed by atoms with E-state index in [-0.39, 0.29) is 22.0 Å². The molecule has 1 amide bonds. The van der Waals surface area contributed by atoms with Crippen LogP contribution in [0.4, 0.5) is 9.52 Å². The van der Waals surface area contributed by atoms with Crippen molar-refractivity contribution in [1.82, 2.24) is 15.2 Å². The smallest absolute Gasteiger partial charge is 0.301 e. The van der Waals surface area contributed by atoms with Crippen molar-refractivity contribution >= 4 is 33.9 Å². The van der Waals surface area contributed by atoms with Crippen molar-refractivity contribution in [3.8, 4) is 5.75 Å². The molecule has 4 rings (SSSR count). The molecule has 3 heterocycles. The van der Waals surface area contributed by atoms with Crippen LogP contribution >= 0.6 is 11.3 Å². The van der Waals surface area contributed by atoms with Crippen molar-refractivity contribution in [2.45, 2.75) is 13.0 Å². The van der Waals surface area contributed by atoms with Crippen LogP contribution in [0.2, 0.25) is 0 Å². The van der Waals surface area contributed by atoms with E-state index in [0.717, 1.165) is 23.5 Å². The van der Waals surface area contributed by atoms with Crippen molar-refractivity contribution < 1.29 is 23.8 Å². The fraction of sp³-hybridized carbons (Fsp3) is 0.150. The van der Waals surface area contributed by atoms with Crippen LogP contribution in [-0.2, 0) is 9.59 Å². The van der Waals surface area contributed by atoms with Crippen LogP contribution in [0, 0.1) is 12.7 Å². The van der Waals surface area contributed by atoms with Gasteiger partial charge in [0.1, 0.15) is 22.3 Å². The summed E-state index contributed by atoms with van der Waals surface area (Å²) in [6.07, 6.45) is 3.02. The topological polar surface area (TPSA) is 106 Å². The van der Waals surface area contributed by atoms with Gasteiger partial charge in [0.25, 0.3) is 5.78 Å². The zero-order valence-electron chi connectivity index (χ0n) is 15.9. The number of amides is 1. The number of Topliss-reactive ketones (excluding diaryl/α,β-unsaturated/α-hetero) is 1. The summed E-state index contributed by atoms with van der Waals surface area (Å²) in [7, 11) is 1.35. The van der Waals surface area contributed by atoms with E-state index >= 15 is 0 Å². The van der Waals surface area contributed by atoms with Crippen molar-refractivity contribution in [2.75, 3.05) is 12.0 Å². The van der Waals surface area contributed by atoms with E-state index in [9.17, 15) is 19.1 Å². The highest BCUT2D eigenvalue weighted by Gasteiger charge is 2.48. The van der Waals surface area contributed by atoms with Crippen molar-refractivity contribution in [3.63, 3.8) is 0 Å². The van der Waals surface area contributed by atoms with Crippen LogP contribution in [-0.4, -0.2) is 39.1 Å². The molecule has 30 heavy (non-hydrogen) atoms. The minimum Gasteiger partial charge on any atom is -0.507 e. The Hall–Kier alpha value is -3.66. The average Bonchev–Trinajstić information content (AvgIpc) is 3.29. The highest BCUT2D eigenvalue weighted by atomic mass is 32.1. The molecule has 1 unspecified atom stereocenters. The predicted octanol–water partition coefficient (Wildman–Crippen LogP) is 3.02. The van der Waals surface area contributed by atoms with Crippen LogP contribution in [0.3, 0.4) is 0 Å². The quantitative estimate of drug-likeness (QED) is 0.388. The molecular formula is C20H15FN4O4S. The molecule has 8 nitrogen and oxygen atoms in total. The molecule has 0 radical (unpaired) electrons. The molecule has 1 atom stereocenters. The number of halogens is 1. The molecule has 0 bridgehead atoms. The number of rotatable bonds is 4. The van der Waals surface area contributed by atoms with E-state index in [1.807, 2.05) is 0 Å². The molecule has 2 aromatic heterocycles.